The number of aromatic nitrogens is 3. The van der Waals surface area contributed by atoms with Gasteiger partial charge in [0.25, 0.3) is 10.1 Å². The molecule has 1 N–H and O–H groups in total. The van der Waals surface area contributed by atoms with Crippen LogP contribution in [0.4, 0.5) is 5.82 Å². The summed E-state index contributed by atoms with van der Waals surface area (Å²) in [5, 5.41) is 4.63. The first-order chi connectivity index (χ1) is 17.9. The lowest BCUT2D eigenvalue weighted by Crippen LogP contribution is -2.46. The molecule has 1 fully saturated rings. The number of hydrogen-bond donors (Lipinski definition) is 1. The van der Waals surface area contributed by atoms with Gasteiger partial charge in [-0.2, -0.15) is 8.42 Å². The number of nitrogens with one attached hydrogen (secondary N) is 1. The number of benzene rings is 1. The van der Waals surface area contributed by atoms with Gasteiger partial charge < -0.3 is 14.3 Å². The molecule has 1 saturated carbocycles. The lowest BCUT2D eigenvalue weighted by Gasteiger charge is -2.39. The minimum Gasteiger partial charge on any atom is -0.411 e. The van der Waals surface area contributed by atoms with Crippen LogP contribution >= 0.6 is 0 Å². The summed E-state index contributed by atoms with van der Waals surface area (Å²) in [5.41, 5.74) is 3.56. The van der Waals surface area contributed by atoms with Crippen LogP contribution in [0.3, 0.4) is 0 Å². The molecule has 0 bridgehead atoms. The smallest absolute Gasteiger partial charge is 0.267 e. The Balaban J connectivity index is 1.42. The van der Waals surface area contributed by atoms with Crippen LogP contribution in [0.5, 0.6) is 0 Å². The highest BCUT2D eigenvalue weighted by molar-refractivity contribution is 7.86. The van der Waals surface area contributed by atoms with Crippen LogP contribution in [0.2, 0.25) is 18.1 Å². The van der Waals surface area contributed by atoms with Crippen LogP contribution in [0.1, 0.15) is 70.2 Å². The van der Waals surface area contributed by atoms with E-state index in [2.05, 4.69) is 84.0 Å². The van der Waals surface area contributed by atoms with Crippen molar-refractivity contribution in [2.45, 2.75) is 95.8 Å². The molecule has 2 heterocycles. The van der Waals surface area contributed by atoms with Crippen LogP contribution in [-0.4, -0.2) is 49.2 Å². The second kappa shape index (κ2) is 10.0. The van der Waals surface area contributed by atoms with Crippen molar-refractivity contribution < 1.29 is 17.0 Å². The zero-order valence-electron chi connectivity index (χ0n) is 23.3. The summed E-state index contributed by atoms with van der Waals surface area (Å²) < 4.78 is 39.5. The Morgan fingerprint density at radius 3 is 2.58 bits per heavy atom. The fourth-order valence-electron chi connectivity index (χ4n) is 5.45. The van der Waals surface area contributed by atoms with Crippen molar-refractivity contribution in [2.24, 2.45) is 0 Å². The molecule has 8 nitrogen and oxygen atoms in total. The van der Waals surface area contributed by atoms with Gasteiger partial charge in [0, 0.05) is 12.2 Å². The average molecular weight is 557 g/mol. The molecule has 2 aliphatic carbocycles. The second-order valence-electron chi connectivity index (χ2n) is 12.1. The van der Waals surface area contributed by atoms with Gasteiger partial charge in [-0.1, -0.05) is 45.0 Å². The fourth-order valence-corrected chi connectivity index (χ4v) is 7.53. The molecular formula is C28H40N4O4SSi. The first-order valence-electron chi connectivity index (χ1n) is 13.6. The molecule has 0 unspecified atom stereocenters. The van der Waals surface area contributed by atoms with Crippen molar-refractivity contribution in [3.05, 3.63) is 54.0 Å². The summed E-state index contributed by atoms with van der Waals surface area (Å²) in [4.78, 5) is 9.23. The highest BCUT2D eigenvalue weighted by atomic mass is 32.2. The molecule has 0 saturated heterocycles. The maximum atomic E-state index is 12.5. The van der Waals surface area contributed by atoms with E-state index >= 15 is 0 Å². The molecule has 5 rings (SSSR count). The van der Waals surface area contributed by atoms with Crippen molar-refractivity contribution in [1.29, 1.82) is 0 Å². The van der Waals surface area contributed by atoms with Gasteiger partial charge in [-0.15, -0.1) is 0 Å². The van der Waals surface area contributed by atoms with E-state index in [1.54, 1.807) is 13.3 Å². The van der Waals surface area contributed by atoms with Gasteiger partial charge in [-0.05, 0) is 67.9 Å². The third kappa shape index (κ3) is 5.28. The summed E-state index contributed by atoms with van der Waals surface area (Å²) in [5.74, 6) is 0.767. The SMILES string of the molecule is CCS(=O)(=O)O[C@H]1C[C@H](n2ccc3c(N[C@H]4CCc5ccccc54)ncnc32)C[C@@H]1O[Si](C)(C)C(C)(C)C. The Labute approximate surface area is 227 Å². The van der Waals surface area contributed by atoms with Gasteiger partial charge >= 0.3 is 0 Å². The van der Waals surface area contributed by atoms with Crippen LogP contribution in [-0.2, 0) is 25.1 Å². The summed E-state index contributed by atoms with van der Waals surface area (Å²) in [6.07, 6.45) is 6.14. The quantitative estimate of drug-likeness (QED) is 0.269. The molecule has 3 aromatic rings. The van der Waals surface area contributed by atoms with E-state index in [9.17, 15) is 8.42 Å². The van der Waals surface area contributed by atoms with E-state index in [0.717, 1.165) is 29.7 Å². The largest absolute Gasteiger partial charge is 0.411 e. The molecule has 0 aliphatic heterocycles. The summed E-state index contributed by atoms with van der Waals surface area (Å²) >= 11 is 0. The predicted molar refractivity (Wildman–Crippen MR) is 153 cm³/mol. The van der Waals surface area contributed by atoms with Crippen LogP contribution in [0, 0.1) is 0 Å². The zero-order chi connectivity index (χ0) is 27.3. The molecular weight excluding hydrogens is 516 g/mol. The number of aryl methyl sites for hydroxylation is 1. The third-order valence-electron chi connectivity index (χ3n) is 8.65. The molecule has 0 amide bonds. The molecule has 38 heavy (non-hydrogen) atoms. The second-order valence-corrected chi connectivity index (χ2v) is 18.8. The normalized spacial score (nSPS) is 24.2. The zero-order valence-corrected chi connectivity index (χ0v) is 25.1. The minimum atomic E-state index is -3.62. The first kappa shape index (κ1) is 27.3. The molecule has 2 aromatic heterocycles. The van der Waals surface area contributed by atoms with Crippen molar-refractivity contribution in [2.75, 3.05) is 11.1 Å². The van der Waals surface area contributed by atoms with E-state index in [-0.39, 0.29) is 29.0 Å². The molecule has 0 radical (unpaired) electrons. The van der Waals surface area contributed by atoms with Crippen molar-refractivity contribution in [3.63, 3.8) is 0 Å². The summed E-state index contributed by atoms with van der Waals surface area (Å²) in [7, 11) is -5.76. The number of anilines is 1. The Morgan fingerprint density at radius 2 is 1.84 bits per heavy atom. The van der Waals surface area contributed by atoms with Crippen LogP contribution in [0.25, 0.3) is 11.0 Å². The number of rotatable bonds is 8. The standard InChI is InChI=1S/C28H40N4O4SSi/c1-7-37(33,34)35-24-16-20(17-25(24)36-38(5,6)28(2,3)4)32-15-14-22-26(29-18-30-27(22)32)31-23-13-12-19-10-8-9-11-21(19)23/h8-11,14-15,18,20,23-25H,7,12-13,16-17H2,1-6H3,(H,29,30,31)/t20-,23-,24-,25-/m0/s1. The average Bonchev–Trinajstić information content (AvgIpc) is 3.56. The minimum absolute atomic E-state index is 0.00602. The van der Waals surface area contributed by atoms with E-state index in [4.69, 9.17) is 8.61 Å². The predicted octanol–water partition coefficient (Wildman–Crippen LogP) is 5.99. The van der Waals surface area contributed by atoms with E-state index in [1.165, 1.54) is 11.1 Å². The molecule has 4 atom stereocenters. The topological polar surface area (TPSA) is 95.3 Å². The molecule has 206 valence electrons. The highest BCUT2D eigenvalue weighted by Crippen LogP contribution is 2.44. The van der Waals surface area contributed by atoms with E-state index in [0.29, 0.717) is 12.8 Å². The monoisotopic (exact) mass is 556 g/mol. The summed E-state index contributed by atoms with van der Waals surface area (Å²) in [6.45, 7) is 12.6. The Morgan fingerprint density at radius 1 is 1.11 bits per heavy atom. The lowest BCUT2D eigenvalue weighted by atomic mass is 10.1. The van der Waals surface area contributed by atoms with Crippen molar-refractivity contribution in [1.82, 2.24) is 14.5 Å². The number of hydrogen-bond acceptors (Lipinski definition) is 7. The lowest BCUT2D eigenvalue weighted by molar-refractivity contribution is 0.0722. The molecule has 10 heteroatoms. The third-order valence-corrected chi connectivity index (χ3v) is 14.4. The Bertz CT molecular complexity index is 1420. The van der Waals surface area contributed by atoms with Gasteiger partial charge in [0.15, 0.2) is 8.32 Å². The Hall–Kier alpha value is -2.27. The van der Waals surface area contributed by atoms with E-state index in [1.807, 2.05) is 6.20 Å². The summed E-state index contributed by atoms with van der Waals surface area (Å²) in [6, 6.07) is 10.9. The maximum absolute atomic E-state index is 12.5. The molecule has 2 aliphatic rings. The van der Waals surface area contributed by atoms with Crippen LogP contribution in [0.15, 0.2) is 42.9 Å². The van der Waals surface area contributed by atoms with Crippen molar-refractivity contribution in [3.8, 4) is 0 Å². The first-order valence-corrected chi connectivity index (χ1v) is 18.1. The molecule has 1 aromatic carbocycles. The van der Waals surface area contributed by atoms with Gasteiger partial charge in [0.1, 0.15) is 23.9 Å². The van der Waals surface area contributed by atoms with Gasteiger partial charge in [0.2, 0.25) is 0 Å². The number of fused-ring (bicyclic) bond motifs is 2. The van der Waals surface area contributed by atoms with E-state index < -0.39 is 24.5 Å². The fraction of sp³-hybridized carbons (Fsp3) is 0.571. The van der Waals surface area contributed by atoms with Gasteiger partial charge in [0.05, 0.1) is 23.3 Å². The Kier molecular flexibility index (Phi) is 7.21. The van der Waals surface area contributed by atoms with Gasteiger partial charge in [-0.25, -0.2) is 9.97 Å². The van der Waals surface area contributed by atoms with Gasteiger partial charge in [-0.3, -0.25) is 4.18 Å². The molecule has 0 spiro atoms. The highest BCUT2D eigenvalue weighted by Gasteiger charge is 2.46. The number of nitrogens with zero attached hydrogens (tertiary/aromatic N) is 3. The maximum Gasteiger partial charge on any atom is 0.267 e. The van der Waals surface area contributed by atoms with Crippen molar-refractivity contribution >= 4 is 35.3 Å². The van der Waals surface area contributed by atoms with Crippen LogP contribution < -0.4 is 5.32 Å².